The number of sulfonamides is 1. The third-order valence-corrected chi connectivity index (χ3v) is 10.2. The standard InChI is InChI=1S/C32H45N3O6S/c1-4-5-11-18-42(38,39)35(2)28-14-9-10-17-41-30-20-24-15-16-25(40-3)21-26(24)31(30)33-22-29(36)27(34-32(28)37)19-23-12-7-6-8-13-23/h6-10,12-13,15-16,21,27-31,33,36H,4-5,11,14,17-20,22H2,1-3H3,(H,34,37)/b10-9+/t27-,28-,29+,30-,31-/m0/s1. The Kier molecular flexibility index (Phi) is 11.6. The first-order valence-corrected chi connectivity index (χ1v) is 16.5. The van der Waals surface area contributed by atoms with Gasteiger partial charge >= 0.3 is 0 Å². The second-order valence-electron chi connectivity index (χ2n) is 11.2. The van der Waals surface area contributed by atoms with Crippen LogP contribution in [0.25, 0.3) is 0 Å². The number of carbonyl (C=O) groups excluding carboxylic acids is 1. The minimum absolute atomic E-state index is 0.0116. The first-order valence-electron chi connectivity index (χ1n) is 14.9. The third-order valence-electron chi connectivity index (χ3n) is 8.24. The molecule has 0 spiro atoms. The minimum atomic E-state index is -3.66. The normalized spacial score (nSPS) is 26.1. The number of amides is 1. The van der Waals surface area contributed by atoms with Crippen molar-refractivity contribution in [2.45, 2.75) is 75.8 Å². The molecule has 4 rings (SSSR count). The van der Waals surface area contributed by atoms with E-state index in [2.05, 4.69) is 10.6 Å². The molecule has 10 heteroatoms. The highest BCUT2D eigenvalue weighted by Gasteiger charge is 2.36. The van der Waals surface area contributed by atoms with Crippen molar-refractivity contribution in [3.05, 3.63) is 77.4 Å². The SMILES string of the molecule is CCCCCS(=O)(=O)N(C)[C@H]1C/C=C/CO[C@H]2Cc3ccc(OC)cc3[C@@H]2NC[C@@H](O)[C@H](Cc2ccccc2)NC1=O. The van der Waals surface area contributed by atoms with Gasteiger partial charge in [0.15, 0.2) is 0 Å². The maximum Gasteiger partial charge on any atom is 0.239 e. The van der Waals surface area contributed by atoms with Gasteiger partial charge in [-0.3, -0.25) is 4.79 Å². The van der Waals surface area contributed by atoms with Gasteiger partial charge in [-0.25, -0.2) is 8.42 Å². The van der Waals surface area contributed by atoms with E-state index in [0.717, 1.165) is 35.3 Å². The maximum absolute atomic E-state index is 13.7. The molecule has 0 radical (unpaired) electrons. The highest BCUT2D eigenvalue weighted by molar-refractivity contribution is 7.89. The van der Waals surface area contributed by atoms with Crippen molar-refractivity contribution >= 4 is 15.9 Å². The Morgan fingerprint density at radius 1 is 1.12 bits per heavy atom. The van der Waals surface area contributed by atoms with E-state index in [1.165, 1.54) is 11.4 Å². The van der Waals surface area contributed by atoms with Crippen molar-refractivity contribution < 1.29 is 27.8 Å². The van der Waals surface area contributed by atoms with Crippen molar-refractivity contribution in [2.24, 2.45) is 0 Å². The van der Waals surface area contributed by atoms with Crippen LogP contribution in [-0.4, -0.2) is 81.1 Å². The van der Waals surface area contributed by atoms with Gasteiger partial charge in [-0.15, -0.1) is 0 Å². The molecule has 9 nitrogen and oxygen atoms in total. The van der Waals surface area contributed by atoms with E-state index in [-0.39, 0.29) is 30.9 Å². The predicted octanol–water partition coefficient (Wildman–Crippen LogP) is 3.14. The summed E-state index contributed by atoms with van der Waals surface area (Å²) in [5, 5.41) is 18.0. The number of carbonyl (C=O) groups is 1. The Labute approximate surface area is 250 Å². The van der Waals surface area contributed by atoms with Gasteiger partial charge < -0.3 is 25.2 Å². The maximum atomic E-state index is 13.7. The van der Waals surface area contributed by atoms with Crippen LogP contribution < -0.4 is 15.4 Å². The molecule has 1 aliphatic heterocycles. The number of methoxy groups -OCH3 is 1. The summed E-state index contributed by atoms with van der Waals surface area (Å²) in [6.45, 7) is 2.53. The highest BCUT2D eigenvalue weighted by atomic mass is 32.2. The molecule has 230 valence electrons. The molecule has 2 aliphatic rings. The third kappa shape index (κ3) is 8.20. The Morgan fingerprint density at radius 3 is 2.64 bits per heavy atom. The number of rotatable bonds is 9. The van der Waals surface area contributed by atoms with Crippen molar-refractivity contribution in [3.8, 4) is 5.75 Å². The molecule has 1 amide bonds. The summed E-state index contributed by atoms with van der Waals surface area (Å²) in [5.74, 6) is 0.306. The highest BCUT2D eigenvalue weighted by Crippen LogP contribution is 2.36. The number of nitrogens with one attached hydrogen (secondary N) is 2. The summed E-state index contributed by atoms with van der Waals surface area (Å²) in [4.78, 5) is 13.7. The largest absolute Gasteiger partial charge is 0.497 e. The molecular formula is C32H45N3O6S. The molecule has 0 saturated carbocycles. The summed E-state index contributed by atoms with van der Waals surface area (Å²) < 4.78 is 39.3. The number of benzene rings is 2. The van der Waals surface area contributed by atoms with Crippen molar-refractivity contribution in [1.82, 2.24) is 14.9 Å². The summed E-state index contributed by atoms with van der Waals surface area (Å²) >= 11 is 0. The summed E-state index contributed by atoms with van der Waals surface area (Å²) in [6.07, 6.45) is 6.09. The van der Waals surface area contributed by atoms with E-state index in [4.69, 9.17) is 9.47 Å². The van der Waals surface area contributed by atoms with Gasteiger partial charge in [-0.1, -0.05) is 68.3 Å². The lowest BCUT2D eigenvalue weighted by molar-refractivity contribution is -0.126. The zero-order chi connectivity index (χ0) is 30.1. The second kappa shape index (κ2) is 15.1. The van der Waals surface area contributed by atoms with Crippen LogP contribution in [0.4, 0.5) is 0 Å². The number of hydrogen-bond acceptors (Lipinski definition) is 7. The molecular weight excluding hydrogens is 554 g/mol. The average Bonchev–Trinajstić information content (AvgIpc) is 3.33. The fourth-order valence-corrected chi connectivity index (χ4v) is 7.12. The number of hydrogen-bond donors (Lipinski definition) is 3. The first-order chi connectivity index (χ1) is 20.2. The molecule has 2 aromatic rings. The molecule has 2 aromatic carbocycles. The van der Waals surface area contributed by atoms with Gasteiger partial charge in [0.1, 0.15) is 11.8 Å². The van der Waals surface area contributed by atoms with Gasteiger partial charge in [0.2, 0.25) is 15.9 Å². The molecule has 0 fully saturated rings. The van der Waals surface area contributed by atoms with Crippen LogP contribution in [-0.2, 0) is 32.4 Å². The number of unbranched alkanes of at least 4 members (excludes halogenated alkanes) is 2. The number of ether oxygens (including phenoxy) is 2. The Bertz CT molecular complexity index is 1300. The second-order valence-corrected chi connectivity index (χ2v) is 13.3. The number of β-amino-alcohol motifs (C(OH)–C–C–N with tert-alkyl or cyclic N) is 1. The fraction of sp³-hybridized carbons (Fsp3) is 0.531. The van der Waals surface area contributed by atoms with E-state index >= 15 is 0 Å². The van der Waals surface area contributed by atoms with Crippen LogP contribution >= 0.6 is 0 Å². The van der Waals surface area contributed by atoms with E-state index in [1.54, 1.807) is 7.11 Å². The molecule has 3 N–H and O–H groups in total. The first kappa shape index (κ1) is 32.2. The van der Waals surface area contributed by atoms with Crippen LogP contribution in [0.2, 0.25) is 0 Å². The monoisotopic (exact) mass is 599 g/mol. The molecule has 42 heavy (non-hydrogen) atoms. The molecule has 0 unspecified atom stereocenters. The Morgan fingerprint density at radius 2 is 1.90 bits per heavy atom. The number of nitrogens with zero attached hydrogens (tertiary/aromatic N) is 1. The van der Waals surface area contributed by atoms with Crippen molar-refractivity contribution in [2.75, 3.05) is 33.1 Å². The van der Waals surface area contributed by atoms with Gasteiger partial charge in [0.05, 0.1) is 43.8 Å². The number of aliphatic hydroxyl groups is 1. The summed E-state index contributed by atoms with van der Waals surface area (Å²) in [6, 6.07) is 13.9. The number of likely N-dealkylation sites (N-methyl/N-ethyl adjacent to an activating group) is 1. The Balaban J connectivity index is 1.62. The summed E-state index contributed by atoms with van der Waals surface area (Å²) in [5.41, 5.74) is 3.18. The van der Waals surface area contributed by atoms with Crippen LogP contribution in [0.15, 0.2) is 60.7 Å². The predicted molar refractivity (Wildman–Crippen MR) is 164 cm³/mol. The molecule has 1 heterocycles. The van der Waals surface area contributed by atoms with Gasteiger partial charge in [0, 0.05) is 20.0 Å². The topological polar surface area (TPSA) is 117 Å². The minimum Gasteiger partial charge on any atom is -0.497 e. The molecule has 0 bridgehead atoms. The van der Waals surface area contributed by atoms with E-state index in [1.807, 2.05) is 67.6 Å². The number of fused-ring (bicyclic) bond motifs is 3. The fourth-order valence-electron chi connectivity index (χ4n) is 5.69. The zero-order valence-corrected chi connectivity index (χ0v) is 25.7. The summed E-state index contributed by atoms with van der Waals surface area (Å²) in [7, 11) is -0.552. The van der Waals surface area contributed by atoms with Crippen LogP contribution in [0, 0.1) is 0 Å². The van der Waals surface area contributed by atoms with E-state index < -0.39 is 34.1 Å². The smallest absolute Gasteiger partial charge is 0.239 e. The van der Waals surface area contributed by atoms with Crippen molar-refractivity contribution in [1.29, 1.82) is 0 Å². The lowest BCUT2D eigenvalue weighted by Gasteiger charge is -2.31. The van der Waals surface area contributed by atoms with E-state index in [9.17, 15) is 18.3 Å². The lowest BCUT2D eigenvalue weighted by atomic mass is 9.99. The van der Waals surface area contributed by atoms with Gasteiger partial charge in [-0.2, -0.15) is 4.31 Å². The Hall–Kier alpha value is -2.76. The van der Waals surface area contributed by atoms with Crippen LogP contribution in [0.5, 0.6) is 5.75 Å². The lowest BCUT2D eigenvalue weighted by Crippen LogP contribution is -2.55. The average molecular weight is 600 g/mol. The van der Waals surface area contributed by atoms with Crippen molar-refractivity contribution in [3.63, 3.8) is 0 Å². The van der Waals surface area contributed by atoms with Gasteiger partial charge in [0.25, 0.3) is 0 Å². The molecule has 1 aliphatic carbocycles. The van der Waals surface area contributed by atoms with E-state index in [0.29, 0.717) is 25.9 Å². The number of aliphatic hydroxyl groups excluding tert-OH is 1. The zero-order valence-electron chi connectivity index (χ0n) is 24.9. The molecule has 5 atom stereocenters. The molecule has 0 aromatic heterocycles. The quantitative estimate of drug-likeness (QED) is 0.300. The molecule has 0 saturated heterocycles. The van der Waals surface area contributed by atoms with Gasteiger partial charge in [-0.05, 0) is 48.1 Å². The van der Waals surface area contributed by atoms with Crippen LogP contribution in [0.3, 0.4) is 0 Å². The van der Waals surface area contributed by atoms with Crippen LogP contribution in [0.1, 0.15) is 55.3 Å².